The summed E-state index contributed by atoms with van der Waals surface area (Å²) in [6.07, 6.45) is 5.92. The predicted molar refractivity (Wildman–Crippen MR) is 101 cm³/mol. The van der Waals surface area contributed by atoms with Crippen molar-refractivity contribution in [2.75, 3.05) is 19.7 Å². The Kier molecular flexibility index (Phi) is 3.62. The van der Waals surface area contributed by atoms with E-state index in [-0.39, 0.29) is 11.5 Å². The van der Waals surface area contributed by atoms with Crippen molar-refractivity contribution >= 4 is 29.7 Å². The maximum Gasteiger partial charge on any atom is 0.493 e. The number of likely N-dealkylation sites (tertiary alicyclic amines) is 1. The minimum Gasteiger partial charge on any atom is -0.449 e. The molecule has 1 aliphatic carbocycles. The van der Waals surface area contributed by atoms with Crippen molar-refractivity contribution in [3.63, 3.8) is 0 Å². The zero-order valence-electron chi connectivity index (χ0n) is 15.7. The molecule has 3 aliphatic rings. The third kappa shape index (κ3) is 2.50. The van der Waals surface area contributed by atoms with E-state index in [2.05, 4.69) is 9.97 Å². The van der Waals surface area contributed by atoms with E-state index in [1.54, 1.807) is 6.20 Å². The van der Waals surface area contributed by atoms with Gasteiger partial charge in [-0.1, -0.05) is 13.8 Å². The van der Waals surface area contributed by atoms with Gasteiger partial charge < -0.3 is 24.3 Å². The van der Waals surface area contributed by atoms with Gasteiger partial charge in [0.2, 0.25) is 0 Å². The maximum absolute atomic E-state index is 12.3. The average Bonchev–Trinajstić information content (AvgIpc) is 3.30. The van der Waals surface area contributed by atoms with Crippen molar-refractivity contribution in [1.82, 2.24) is 14.9 Å². The zero-order chi connectivity index (χ0) is 18.8. The second-order valence-corrected chi connectivity index (χ2v) is 8.79. The lowest BCUT2D eigenvalue weighted by molar-refractivity contribution is -0.110. The molecule has 7 nitrogen and oxygen atoms in total. The van der Waals surface area contributed by atoms with E-state index in [1.807, 2.05) is 31.0 Å². The molecule has 0 bridgehead atoms. The number of aromatic amines is 1. The number of pyridine rings is 1. The van der Waals surface area contributed by atoms with Gasteiger partial charge in [-0.3, -0.25) is 0 Å². The molecule has 2 fully saturated rings. The lowest BCUT2D eigenvalue weighted by atomic mass is 9.56. The molecular weight excluding hydrogens is 345 g/mol. The van der Waals surface area contributed by atoms with E-state index in [9.17, 15) is 9.82 Å². The average molecular weight is 369 g/mol. The largest absolute Gasteiger partial charge is 0.493 e. The Morgan fingerprint density at radius 1 is 1.52 bits per heavy atom. The molecule has 0 unspecified atom stereocenters. The highest BCUT2D eigenvalue weighted by Crippen LogP contribution is 2.62. The molecule has 27 heavy (non-hydrogen) atoms. The number of H-pyrrole nitrogens is 1. The molecule has 2 N–H and O–H groups in total. The number of ether oxygens (including phenoxy) is 1. The number of aromatic nitrogens is 2. The highest BCUT2D eigenvalue weighted by molar-refractivity contribution is 6.62. The van der Waals surface area contributed by atoms with Crippen molar-refractivity contribution < 1.29 is 19.2 Å². The molecular formula is C19H24BN3O4. The summed E-state index contributed by atoms with van der Waals surface area (Å²) in [7, 11) is -0.933. The summed E-state index contributed by atoms with van der Waals surface area (Å²) in [5, 5.41) is 11.4. The van der Waals surface area contributed by atoms with Gasteiger partial charge in [-0.05, 0) is 42.2 Å². The number of carbonyl (C=O) groups is 1. The van der Waals surface area contributed by atoms with Crippen LogP contribution in [0.5, 0.6) is 0 Å². The minimum absolute atomic E-state index is 0.0457. The summed E-state index contributed by atoms with van der Waals surface area (Å²) in [5.41, 5.74) is 2.22. The first-order valence-electron chi connectivity index (χ1n) is 9.66. The molecule has 0 radical (unpaired) electrons. The van der Waals surface area contributed by atoms with E-state index in [0.717, 1.165) is 47.9 Å². The number of carbonyl (C=O) groups excluding carboxylic acids is 1. The van der Waals surface area contributed by atoms with Gasteiger partial charge in [0.25, 0.3) is 0 Å². The number of hydrogen-bond acceptors (Lipinski definition) is 5. The Bertz CT molecular complexity index is 905. The van der Waals surface area contributed by atoms with Crippen LogP contribution in [-0.2, 0) is 15.0 Å². The van der Waals surface area contributed by atoms with Gasteiger partial charge in [0.05, 0.1) is 12.2 Å². The molecule has 2 spiro atoms. The third-order valence-corrected chi connectivity index (χ3v) is 6.23. The molecule has 8 heteroatoms. The molecule has 5 rings (SSSR count). The smallest absolute Gasteiger partial charge is 0.449 e. The van der Waals surface area contributed by atoms with Gasteiger partial charge in [-0.25, -0.2) is 9.78 Å². The fraction of sp³-hybridized carbons (Fsp3) is 0.579. The summed E-state index contributed by atoms with van der Waals surface area (Å²) < 4.78 is 11.5. The summed E-state index contributed by atoms with van der Waals surface area (Å²) in [6.45, 7) is 5.93. The molecule has 1 amide bonds. The van der Waals surface area contributed by atoms with Gasteiger partial charge in [0, 0.05) is 36.3 Å². The standard InChI is InChI=1S/C19H24BN3O4/c1-12(2)8-26-17(24)23-6-4-18(11-23)9-19(10-18)15-13-3-5-21-16(13)22-7-14(15)20(25)27-19/h3,5,7,12,25H,4,6,8-11H2,1-2H3,(H,21,22). The summed E-state index contributed by atoms with van der Waals surface area (Å²) >= 11 is 0. The van der Waals surface area contributed by atoms with Crippen molar-refractivity contribution in [2.24, 2.45) is 11.3 Å². The van der Waals surface area contributed by atoms with Crippen LogP contribution in [0.2, 0.25) is 0 Å². The van der Waals surface area contributed by atoms with Crippen LogP contribution >= 0.6 is 0 Å². The van der Waals surface area contributed by atoms with Crippen molar-refractivity contribution in [1.29, 1.82) is 0 Å². The van der Waals surface area contributed by atoms with Gasteiger partial charge >= 0.3 is 13.2 Å². The number of amides is 1. The van der Waals surface area contributed by atoms with Gasteiger partial charge in [-0.2, -0.15) is 0 Å². The summed E-state index contributed by atoms with van der Waals surface area (Å²) in [6, 6.07) is 2.00. The second kappa shape index (κ2) is 5.72. The van der Waals surface area contributed by atoms with Crippen molar-refractivity contribution in [3.8, 4) is 0 Å². The highest BCUT2D eigenvalue weighted by atomic mass is 16.6. The third-order valence-electron chi connectivity index (χ3n) is 6.23. The SMILES string of the molecule is CC(C)COC(=O)N1CCC2(C1)CC1(C2)OB(O)c2cnc3[nH]ccc3c21. The van der Waals surface area contributed by atoms with Crippen LogP contribution in [0.4, 0.5) is 4.79 Å². The number of fused-ring (bicyclic) bond motifs is 4. The summed E-state index contributed by atoms with van der Waals surface area (Å²) in [5.74, 6) is 0.333. The first-order valence-corrected chi connectivity index (χ1v) is 9.66. The van der Waals surface area contributed by atoms with Crippen LogP contribution in [0.15, 0.2) is 18.5 Å². The molecule has 2 aliphatic heterocycles. The van der Waals surface area contributed by atoms with Crippen molar-refractivity contribution in [3.05, 3.63) is 24.0 Å². The normalized spacial score (nSPS) is 29.2. The molecule has 0 aromatic carbocycles. The van der Waals surface area contributed by atoms with Gasteiger partial charge in [0.1, 0.15) is 5.65 Å². The summed E-state index contributed by atoms with van der Waals surface area (Å²) in [4.78, 5) is 21.6. The Hall–Kier alpha value is -2.06. The van der Waals surface area contributed by atoms with Crippen LogP contribution < -0.4 is 5.46 Å². The Balaban J connectivity index is 1.36. The number of nitrogens with zero attached hydrogens (tertiary/aromatic N) is 2. The second-order valence-electron chi connectivity index (χ2n) is 8.79. The van der Waals surface area contributed by atoms with Crippen LogP contribution in [0.25, 0.3) is 11.0 Å². The Morgan fingerprint density at radius 3 is 3.11 bits per heavy atom. The molecule has 2 aromatic heterocycles. The molecule has 4 heterocycles. The first-order chi connectivity index (χ1) is 12.9. The molecule has 2 aromatic rings. The van der Waals surface area contributed by atoms with E-state index < -0.39 is 12.7 Å². The predicted octanol–water partition coefficient (Wildman–Crippen LogP) is 1.75. The van der Waals surface area contributed by atoms with E-state index >= 15 is 0 Å². The zero-order valence-corrected chi connectivity index (χ0v) is 15.7. The monoisotopic (exact) mass is 369 g/mol. The number of hydrogen-bond donors (Lipinski definition) is 2. The van der Waals surface area contributed by atoms with E-state index in [0.29, 0.717) is 19.1 Å². The maximum atomic E-state index is 12.3. The van der Waals surface area contributed by atoms with E-state index in [1.165, 1.54) is 0 Å². The lowest BCUT2D eigenvalue weighted by Gasteiger charge is -2.53. The van der Waals surface area contributed by atoms with Gasteiger partial charge in [-0.15, -0.1) is 0 Å². The van der Waals surface area contributed by atoms with Crippen LogP contribution in [0, 0.1) is 11.3 Å². The fourth-order valence-corrected chi connectivity index (χ4v) is 5.18. The lowest BCUT2D eigenvalue weighted by Crippen LogP contribution is -2.52. The highest BCUT2D eigenvalue weighted by Gasteiger charge is 2.64. The molecule has 142 valence electrons. The fourth-order valence-electron chi connectivity index (χ4n) is 5.18. The Labute approximate surface area is 158 Å². The number of rotatable bonds is 2. The Morgan fingerprint density at radius 2 is 2.33 bits per heavy atom. The van der Waals surface area contributed by atoms with Crippen LogP contribution in [0.3, 0.4) is 0 Å². The van der Waals surface area contributed by atoms with Crippen molar-refractivity contribution in [2.45, 2.75) is 38.7 Å². The van der Waals surface area contributed by atoms with E-state index in [4.69, 9.17) is 9.39 Å². The molecule has 1 saturated carbocycles. The first kappa shape index (κ1) is 17.1. The minimum atomic E-state index is -0.933. The topological polar surface area (TPSA) is 87.7 Å². The van der Waals surface area contributed by atoms with Crippen LogP contribution in [0.1, 0.15) is 38.7 Å². The quantitative estimate of drug-likeness (QED) is 0.788. The molecule has 1 saturated heterocycles. The van der Waals surface area contributed by atoms with Crippen LogP contribution in [-0.4, -0.2) is 52.8 Å². The van der Waals surface area contributed by atoms with Gasteiger partial charge in [0.15, 0.2) is 0 Å². The molecule has 0 atom stereocenters. The number of nitrogens with one attached hydrogen (secondary N) is 1.